The van der Waals surface area contributed by atoms with Crippen molar-refractivity contribution in [2.24, 2.45) is 0 Å². The molecule has 1 aromatic carbocycles. The van der Waals surface area contributed by atoms with Gasteiger partial charge in [0.25, 0.3) is 0 Å². The van der Waals surface area contributed by atoms with Crippen LogP contribution in [0.15, 0.2) is 23.1 Å². The predicted molar refractivity (Wildman–Crippen MR) is 79.9 cm³/mol. The summed E-state index contributed by atoms with van der Waals surface area (Å²) in [5.74, 6) is 0. The molecule has 4 nitrogen and oxygen atoms in total. The van der Waals surface area contributed by atoms with Crippen LogP contribution in [0.3, 0.4) is 0 Å². The Morgan fingerprint density at radius 2 is 2.09 bits per heavy atom. The number of sulfonamides is 1. The summed E-state index contributed by atoms with van der Waals surface area (Å²) in [4.78, 5) is -0.783. The fraction of sp³-hybridized carbons (Fsp3) is 0.571. The summed E-state index contributed by atoms with van der Waals surface area (Å²) in [5.41, 5.74) is -1.25. The topological polar surface area (TPSA) is 46.6 Å². The Labute approximate surface area is 138 Å². The van der Waals surface area contributed by atoms with E-state index in [1.807, 2.05) is 0 Å². The zero-order valence-corrected chi connectivity index (χ0v) is 14.0. The van der Waals surface area contributed by atoms with Crippen molar-refractivity contribution < 1.29 is 26.3 Å². The Morgan fingerprint density at radius 1 is 1.39 bits per heavy atom. The van der Waals surface area contributed by atoms with E-state index in [-0.39, 0.29) is 24.2 Å². The molecule has 0 saturated carbocycles. The molecule has 23 heavy (non-hydrogen) atoms. The minimum absolute atomic E-state index is 0.0404. The molecule has 0 N–H and O–H groups in total. The summed E-state index contributed by atoms with van der Waals surface area (Å²) in [6.07, 6.45) is -3.59. The van der Waals surface area contributed by atoms with E-state index in [4.69, 9.17) is 16.3 Å². The molecule has 1 heterocycles. The van der Waals surface area contributed by atoms with Crippen LogP contribution in [0.2, 0.25) is 5.02 Å². The maximum Gasteiger partial charge on any atom is 0.417 e. The summed E-state index contributed by atoms with van der Waals surface area (Å²) in [5, 5.41) is -0.168. The average Bonchev–Trinajstić information content (AvgIpc) is 2.96. The van der Waals surface area contributed by atoms with E-state index in [0.717, 1.165) is 22.9 Å². The molecule has 0 aliphatic carbocycles. The zero-order valence-electron chi connectivity index (χ0n) is 12.4. The largest absolute Gasteiger partial charge is 0.417 e. The Hall–Kier alpha value is -0.830. The molecule has 0 radical (unpaired) electrons. The van der Waals surface area contributed by atoms with Gasteiger partial charge in [0.1, 0.15) is 0 Å². The van der Waals surface area contributed by atoms with Crippen molar-refractivity contribution in [1.29, 1.82) is 0 Å². The monoisotopic (exact) mass is 371 g/mol. The molecule has 1 aliphatic rings. The Bertz CT molecular complexity index is 658. The quantitative estimate of drug-likeness (QED) is 0.795. The van der Waals surface area contributed by atoms with E-state index < -0.39 is 26.7 Å². The molecule has 0 bridgehead atoms. The Kier molecular flexibility index (Phi) is 5.60. The summed E-state index contributed by atoms with van der Waals surface area (Å²) in [6, 6.07) is 2.68. The van der Waals surface area contributed by atoms with Crippen LogP contribution < -0.4 is 0 Å². The Balaban J connectivity index is 2.41. The molecule has 9 heteroatoms. The first-order chi connectivity index (χ1) is 10.7. The van der Waals surface area contributed by atoms with Gasteiger partial charge in [0.05, 0.1) is 16.6 Å². The third-order valence-electron chi connectivity index (χ3n) is 3.65. The second kappa shape index (κ2) is 6.96. The number of alkyl halides is 3. The Morgan fingerprint density at radius 3 is 2.61 bits per heavy atom. The number of benzene rings is 1. The molecule has 1 unspecified atom stereocenters. The van der Waals surface area contributed by atoms with Gasteiger partial charge in [0.15, 0.2) is 0 Å². The molecule has 0 amide bonds. The number of likely N-dealkylation sites (N-methyl/N-ethyl adjacent to an activating group) is 1. The zero-order chi connectivity index (χ0) is 17.3. The molecule has 1 atom stereocenters. The van der Waals surface area contributed by atoms with Gasteiger partial charge in [-0.2, -0.15) is 17.5 Å². The third kappa shape index (κ3) is 4.17. The average molecular weight is 372 g/mol. The number of hydrogen-bond acceptors (Lipinski definition) is 3. The highest BCUT2D eigenvalue weighted by atomic mass is 35.5. The van der Waals surface area contributed by atoms with Crippen molar-refractivity contribution in [3.05, 3.63) is 28.8 Å². The highest BCUT2D eigenvalue weighted by Crippen LogP contribution is 2.37. The standard InChI is InChI=1S/C14H17ClF3NO3S/c1-2-19(9-11-4-3-7-22-11)23(20,21)13-6-5-10(15)8-12(13)14(16,17)18/h5-6,8,11H,2-4,7,9H2,1H3. The number of nitrogens with zero attached hydrogens (tertiary/aromatic N) is 1. The van der Waals surface area contributed by atoms with Gasteiger partial charge in [-0.15, -0.1) is 0 Å². The van der Waals surface area contributed by atoms with Crippen molar-refractivity contribution in [3.8, 4) is 0 Å². The van der Waals surface area contributed by atoms with Crippen LogP contribution in [-0.4, -0.2) is 38.5 Å². The molecule has 0 aromatic heterocycles. The summed E-state index contributed by atoms with van der Waals surface area (Å²) in [6.45, 7) is 2.22. The van der Waals surface area contributed by atoms with Crippen LogP contribution in [0.5, 0.6) is 0 Å². The maximum atomic E-state index is 13.2. The second-order valence-electron chi connectivity index (χ2n) is 5.23. The van der Waals surface area contributed by atoms with Crippen molar-refractivity contribution in [1.82, 2.24) is 4.31 Å². The summed E-state index contributed by atoms with van der Waals surface area (Å²) < 4.78 is 71.2. The second-order valence-corrected chi connectivity index (χ2v) is 7.57. The van der Waals surface area contributed by atoms with Gasteiger partial charge < -0.3 is 4.74 Å². The van der Waals surface area contributed by atoms with E-state index in [2.05, 4.69) is 0 Å². The molecule has 0 spiro atoms. The van der Waals surface area contributed by atoms with Crippen molar-refractivity contribution in [2.45, 2.75) is 36.9 Å². The van der Waals surface area contributed by atoms with Gasteiger partial charge in [-0.3, -0.25) is 0 Å². The van der Waals surface area contributed by atoms with Crippen LogP contribution in [0.4, 0.5) is 13.2 Å². The number of rotatable bonds is 5. The third-order valence-corrected chi connectivity index (χ3v) is 5.88. The summed E-state index contributed by atoms with van der Waals surface area (Å²) in [7, 11) is -4.29. The number of halogens is 4. The van der Waals surface area contributed by atoms with Gasteiger partial charge in [-0.25, -0.2) is 8.42 Å². The minimum Gasteiger partial charge on any atom is -0.377 e. The molecule has 2 rings (SSSR count). The van der Waals surface area contributed by atoms with Gasteiger partial charge in [-0.1, -0.05) is 18.5 Å². The molecule has 1 aliphatic heterocycles. The first kappa shape index (κ1) is 18.5. The molecule has 1 saturated heterocycles. The van der Waals surface area contributed by atoms with Crippen molar-refractivity contribution in [3.63, 3.8) is 0 Å². The van der Waals surface area contributed by atoms with Crippen LogP contribution in [0.25, 0.3) is 0 Å². The lowest BCUT2D eigenvalue weighted by Crippen LogP contribution is -2.38. The van der Waals surface area contributed by atoms with Crippen molar-refractivity contribution >= 4 is 21.6 Å². The molecule has 130 valence electrons. The fourth-order valence-corrected chi connectivity index (χ4v) is 4.35. The first-order valence-electron chi connectivity index (χ1n) is 7.14. The van der Waals surface area contributed by atoms with Crippen LogP contribution in [-0.2, 0) is 20.9 Å². The van der Waals surface area contributed by atoms with E-state index >= 15 is 0 Å². The maximum absolute atomic E-state index is 13.2. The van der Waals surface area contributed by atoms with Gasteiger partial charge in [0.2, 0.25) is 10.0 Å². The van der Waals surface area contributed by atoms with Gasteiger partial charge >= 0.3 is 6.18 Å². The van der Waals surface area contributed by atoms with Crippen LogP contribution >= 0.6 is 11.6 Å². The minimum atomic E-state index is -4.81. The SMILES string of the molecule is CCN(CC1CCCO1)S(=O)(=O)c1ccc(Cl)cc1C(F)(F)F. The van der Waals surface area contributed by atoms with Gasteiger partial charge in [0, 0.05) is 24.7 Å². The highest BCUT2D eigenvalue weighted by Gasteiger charge is 2.39. The normalized spacial score (nSPS) is 19.5. The molecule has 1 aromatic rings. The lowest BCUT2D eigenvalue weighted by atomic mass is 10.2. The van der Waals surface area contributed by atoms with Gasteiger partial charge in [-0.05, 0) is 31.0 Å². The van der Waals surface area contributed by atoms with E-state index in [9.17, 15) is 21.6 Å². The van der Waals surface area contributed by atoms with E-state index in [1.165, 1.54) is 0 Å². The molecular formula is C14H17ClF3NO3S. The first-order valence-corrected chi connectivity index (χ1v) is 8.96. The van der Waals surface area contributed by atoms with E-state index in [1.54, 1.807) is 6.92 Å². The van der Waals surface area contributed by atoms with Crippen LogP contribution in [0.1, 0.15) is 25.3 Å². The lowest BCUT2D eigenvalue weighted by molar-refractivity contribution is -0.139. The van der Waals surface area contributed by atoms with Crippen LogP contribution in [0, 0.1) is 0 Å². The molecular weight excluding hydrogens is 355 g/mol. The predicted octanol–water partition coefficient (Wildman–Crippen LogP) is 3.55. The summed E-state index contributed by atoms with van der Waals surface area (Å²) >= 11 is 5.60. The smallest absolute Gasteiger partial charge is 0.377 e. The van der Waals surface area contributed by atoms with E-state index in [0.29, 0.717) is 19.1 Å². The van der Waals surface area contributed by atoms with Crippen molar-refractivity contribution in [2.75, 3.05) is 19.7 Å². The lowest BCUT2D eigenvalue weighted by Gasteiger charge is -2.25. The number of ether oxygens (including phenoxy) is 1. The fourth-order valence-electron chi connectivity index (χ4n) is 2.50. The highest BCUT2D eigenvalue weighted by molar-refractivity contribution is 7.89. The number of hydrogen-bond donors (Lipinski definition) is 0. The molecule has 1 fully saturated rings.